The highest BCUT2D eigenvalue weighted by atomic mass is 32.2. The highest BCUT2D eigenvalue weighted by Crippen LogP contribution is 2.26. The summed E-state index contributed by atoms with van der Waals surface area (Å²) in [4.78, 5) is 39.5. The van der Waals surface area contributed by atoms with Crippen molar-refractivity contribution in [3.05, 3.63) is 126 Å². The molecule has 1 unspecified atom stereocenters. The number of carbonyl (C=O) groups is 3. The van der Waals surface area contributed by atoms with Gasteiger partial charge in [0.05, 0.1) is 12.4 Å². The lowest BCUT2D eigenvalue weighted by molar-refractivity contribution is -0.115. The van der Waals surface area contributed by atoms with Crippen molar-refractivity contribution >= 4 is 46.9 Å². The summed E-state index contributed by atoms with van der Waals surface area (Å²) in [5.41, 5.74) is 2.08. The van der Waals surface area contributed by atoms with Crippen LogP contribution >= 0.6 is 11.8 Å². The molecule has 7 nitrogen and oxygen atoms in total. The quantitative estimate of drug-likeness (QED) is 0.153. The van der Waals surface area contributed by atoms with E-state index >= 15 is 0 Å². The zero-order valence-electron chi connectivity index (χ0n) is 22.4. The van der Waals surface area contributed by atoms with Gasteiger partial charge in [0, 0.05) is 27.4 Å². The first-order valence-electron chi connectivity index (χ1n) is 12.7. The van der Waals surface area contributed by atoms with Gasteiger partial charge in [0.15, 0.2) is 0 Å². The highest BCUT2D eigenvalue weighted by Gasteiger charge is 2.17. The SMILES string of the molecule is COc1ccccc1/C=C(\NC(=O)c1ccccc1)C(=O)Nc1ccc(SC(C)C(=O)Nc2ccc(F)cc2)cc1. The molecule has 0 aliphatic carbocycles. The molecule has 1 atom stereocenters. The predicted molar refractivity (Wildman–Crippen MR) is 160 cm³/mol. The molecule has 0 spiro atoms. The first kappa shape index (κ1) is 29.1. The van der Waals surface area contributed by atoms with Gasteiger partial charge in [-0.1, -0.05) is 36.4 Å². The van der Waals surface area contributed by atoms with Crippen LogP contribution in [-0.4, -0.2) is 30.1 Å². The van der Waals surface area contributed by atoms with E-state index in [0.29, 0.717) is 28.3 Å². The van der Waals surface area contributed by atoms with E-state index in [0.717, 1.165) is 4.90 Å². The van der Waals surface area contributed by atoms with E-state index in [1.807, 2.05) is 6.07 Å². The summed E-state index contributed by atoms with van der Waals surface area (Å²) in [6.45, 7) is 1.77. The average molecular weight is 570 g/mol. The van der Waals surface area contributed by atoms with E-state index in [9.17, 15) is 18.8 Å². The van der Waals surface area contributed by atoms with Gasteiger partial charge in [-0.15, -0.1) is 11.8 Å². The molecule has 3 N–H and O–H groups in total. The molecule has 0 saturated carbocycles. The predicted octanol–water partition coefficient (Wildman–Crippen LogP) is 6.36. The number of halogens is 1. The summed E-state index contributed by atoms with van der Waals surface area (Å²) in [6, 6.07) is 28.3. The molecule has 0 aliphatic heterocycles. The Morgan fingerprint density at radius 3 is 2.10 bits per heavy atom. The van der Waals surface area contributed by atoms with Gasteiger partial charge >= 0.3 is 0 Å². The number of carbonyl (C=O) groups excluding carboxylic acids is 3. The molecule has 3 amide bonds. The van der Waals surface area contributed by atoms with Crippen molar-refractivity contribution in [2.75, 3.05) is 17.7 Å². The fourth-order valence-electron chi connectivity index (χ4n) is 3.73. The Morgan fingerprint density at radius 2 is 1.41 bits per heavy atom. The normalized spacial score (nSPS) is 11.7. The Hall–Kier alpha value is -4.89. The molecule has 4 rings (SSSR count). The van der Waals surface area contributed by atoms with Gasteiger partial charge in [0.1, 0.15) is 17.3 Å². The average Bonchev–Trinajstić information content (AvgIpc) is 2.99. The van der Waals surface area contributed by atoms with E-state index in [4.69, 9.17) is 4.74 Å². The van der Waals surface area contributed by atoms with Gasteiger partial charge in [-0.2, -0.15) is 0 Å². The molecular weight excluding hydrogens is 541 g/mol. The fraction of sp³-hybridized carbons (Fsp3) is 0.0938. The second kappa shape index (κ2) is 14.0. The number of para-hydroxylation sites is 1. The lowest BCUT2D eigenvalue weighted by Gasteiger charge is -2.14. The third-order valence-corrected chi connectivity index (χ3v) is 6.99. The van der Waals surface area contributed by atoms with E-state index in [2.05, 4.69) is 16.0 Å². The molecule has 4 aromatic rings. The summed E-state index contributed by atoms with van der Waals surface area (Å²) < 4.78 is 18.5. The maximum absolute atomic E-state index is 13.3. The van der Waals surface area contributed by atoms with Crippen molar-refractivity contribution in [3.8, 4) is 5.75 Å². The Bertz CT molecular complexity index is 1540. The smallest absolute Gasteiger partial charge is 0.272 e. The van der Waals surface area contributed by atoms with Crippen LogP contribution in [0, 0.1) is 5.82 Å². The number of rotatable bonds is 10. The Kier molecular flexibility index (Phi) is 9.90. The number of benzene rings is 4. The van der Waals surface area contributed by atoms with Crippen molar-refractivity contribution in [3.63, 3.8) is 0 Å². The largest absolute Gasteiger partial charge is 0.496 e. The van der Waals surface area contributed by atoms with Crippen molar-refractivity contribution in [2.45, 2.75) is 17.1 Å². The van der Waals surface area contributed by atoms with E-state index in [1.165, 1.54) is 43.1 Å². The molecule has 0 fully saturated rings. The second-order valence-corrected chi connectivity index (χ2v) is 10.3. The Morgan fingerprint density at radius 1 is 0.805 bits per heavy atom. The van der Waals surface area contributed by atoms with Crippen LogP contribution in [0.4, 0.5) is 15.8 Å². The number of ether oxygens (including phenoxy) is 1. The monoisotopic (exact) mass is 569 g/mol. The molecule has 0 heterocycles. The lowest BCUT2D eigenvalue weighted by Crippen LogP contribution is -2.30. The van der Waals surface area contributed by atoms with Gasteiger partial charge in [-0.25, -0.2) is 4.39 Å². The number of nitrogens with one attached hydrogen (secondary N) is 3. The summed E-state index contributed by atoms with van der Waals surface area (Å²) in [5, 5.41) is 7.86. The molecular formula is C32H28FN3O4S. The van der Waals surface area contributed by atoms with Crippen molar-refractivity contribution < 1.29 is 23.5 Å². The minimum atomic E-state index is -0.521. The Labute approximate surface area is 241 Å². The molecule has 0 aliphatic rings. The van der Waals surface area contributed by atoms with E-state index < -0.39 is 17.1 Å². The van der Waals surface area contributed by atoms with Crippen LogP contribution in [0.5, 0.6) is 5.75 Å². The third-order valence-electron chi connectivity index (χ3n) is 5.87. The topological polar surface area (TPSA) is 96.5 Å². The molecule has 0 bridgehead atoms. The van der Waals surface area contributed by atoms with Crippen LogP contribution in [0.3, 0.4) is 0 Å². The van der Waals surface area contributed by atoms with Gasteiger partial charge in [-0.05, 0) is 79.7 Å². The lowest BCUT2D eigenvalue weighted by atomic mass is 10.1. The van der Waals surface area contributed by atoms with Gasteiger partial charge in [0.25, 0.3) is 11.8 Å². The van der Waals surface area contributed by atoms with Crippen LogP contribution in [-0.2, 0) is 9.59 Å². The molecule has 0 aromatic heterocycles. The number of amides is 3. The minimum absolute atomic E-state index is 0.0351. The summed E-state index contributed by atoms with van der Waals surface area (Å²) in [6.07, 6.45) is 1.56. The van der Waals surface area contributed by atoms with Crippen molar-refractivity contribution in [1.82, 2.24) is 5.32 Å². The first-order chi connectivity index (χ1) is 19.8. The third kappa shape index (κ3) is 8.30. The Balaban J connectivity index is 1.45. The van der Waals surface area contributed by atoms with Crippen LogP contribution in [0.15, 0.2) is 114 Å². The summed E-state index contributed by atoms with van der Waals surface area (Å²) >= 11 is 1.34. The fourth-order valence-corrected chi connectivity index (χ4v) is 4.60. The van der Waals surface area contributed by atoms with Crippen LogP contribution < -0.4 is 20.7 Å². The first-order valence-corrected chi connectivity index (χ1v) is 13.6. The minimum Gasteiger partial charge on any atom is -0.496 e. The maximum Gasteiger partial charge on any atom is 0.272 e. The standard InChI is InChI=1S/C32H28FN3O4S/c1-21(30(37)34-25-14-12-24(33)13-15-25)41-27-18-16-26(17-19-27)35-32(39)28(20-23-10-6-7-11-29(23)40-2)36-31(38)22-8-4-3-5-9-22/h3-21H,1-2H3,(H,34,37)(H,35,39)(H,36,38)/b28-20-. The van der Waals surface area contributed by atoms with Gasteiger partial charge < -0.3 is 20.7 Å². The molecule has 0 saturated heterocycles. The number of hydrogen-bond acceptors (Lipinski definition) is 5. The van der Waals surface area contributed by atoms with E-state index in [1.54, 1.807) is 85.8 Å². The zero-order valence-corrected chi connectivity index (χ0v) is 23.2. The summed E-state index contributed by atoms with van der Waals surface area (Å²) in [7, 11) is 1.53. The zero-order chi connectivity index (χ0) is 29.2. The van der Waals surface area contributed by atoms with Gasteiger partial charge in [0.2, 0.25) is 5.91 Å². The van der Waals surface area contributed by atoms with Gasteiger partial charge in [-0.3, -0.25) is 14.4 Å². The van der Waals surface area contributed by atoms with E-state index in [-0.39, 0.29) is 17.4 Å². The number of hydrogen-bond donors (Lipinski definition) is 3. The van der Waals surface area contributed by atoms with Crippen LogP contribution in [0.2, 0.25) is 0 Å². The maximum atomic E-state index is 13.3. The second-order valence-electron chi connectivity index (χ2n) is 8.85. The van der Waals surface area contributed by atoms with Crippen LogP contribution in [0.25, 0.3) is 6.08 Å². The molecule has 208 valence electrons. The van der Waals surface area contributed by atoms with Crippen molar-refractivity contribution in [1.29, 1.82) is 0 Å². The molecule has 4 aromatic carbocycles. The highest BCUT2D eigenvalue weighted by molar-refractivity contribution is 8.00. The summed E-state index contributed by atoms with van der Waals surface area (Å²) in [5.74, 6) is -1.00. The molecule has 9 heteroatoms. The molecule has 0 radical (unpaired) electrons. The van der Waals surface area contributed by atoms with Crippen LogP contribution in [0.1, 0.15) is 22.8 Å². The number of thioether (sulfide) groups is 1. The molecule has 41 heavy (non-hydrogen) atoms. The van der Waals surface area contributed by atoms with Crippen molar-refractivity contribution in [2.24, 2.45) is 0 Å². The number of methoxy groups -OCH3 is 1. The number of anilines is 2.